The second-order valence-corrected chi connectivity index (χ2v) is 5.09. The van der Waals surface area contributed by atoms with Crippen LogP contribution in [0, 0.1) is 5.95 Å². The Morgan fingerprint density at radius 2 is 2.18 bits per heavy atom. The van der Waals surface area contributed by atoms with E-state index in [1.54, 1.807) is 17.4 Å². The minimum absolute atomic E-state index is 0.215. The predicted octanol–water partition coefficient (Wildman–Crippen LogP) is 4.02. The molecule has 0 aliphatic heterocycles. The van der Waals surface area contributed by atoms with E-state index in [-0.39, 0.29) is 6.04 Å². The molecule has 4 heteroatoms. The Kier molecular flexibility index (Phi) is 3.74. The van der Waals surface area contributed by atoms with Crippen molar-refractivity contribution in [2.45, 2.75) is 26.3 Å². The fraction of sp³-hybridized carbons (Fsp3) is 0.308. The zero-order chi connectivity index (χ0) is 12.3. The van der Waals surface area contributed by atoms with Gasteiger partial charge in [-0.3, -0.25) is 0 Å². The molecule has 0 aliphatic rings. The molecular formula is C13H15FN2S. The molecule has 1 N–H and O–H groups in total. The maximum atomic E-state index is 12.7. The summed E-state index contributed by atoms with van der Waals surface area (Å²) in [6, 6.07) is 7.57. The van der Waals surface area contributed by atoms with Crippen LogP contribution in [0.5, 0.6) is 0 Å². The van der Waals surface area contributed by atoms with E-state index in [1.807, 2.05) is 0 Å². The number of thiophene rings is 1. The molecule has 2 heterocycles. The van der Waals surface area contributed by atoms with E-state index in [1.165, 1.54) is 22.0 Å². The van der Waals surface area contributed by atoms with Crippen LogP contribution in [-0.2, 0) is 6.42 Å². The molecule has 2 aromatic rings. The Bertz CT molecular complexity index is 478. The highest BCUT2D eigenvalue weighted by Gasteiger charge is 2.08. The first-order valence-corrected chi connectivity index (χ1v) is 6.47. The summed E-state index contributed by atoms with van der Waals surface area (Å²) in [5.74, 6) is -0.451. The van der Waals surface area contributed by atoms with Crippen molar-refractivity contribution >= 4 is 17.0 Å². The molecule has 0 bridgehead atoms. The number of pyridine rings is 1. The molecule has 1 atom stereocenters. The van der Waals surface area contributed by atoms with E-state index in [0.29, 0.717) is 0 Å². The van der Waals surface area contributed by atoms with Gasteiger partial charge in [-0.25, -0.2) is 4.98 Å². The lowest BCUT2D eigenvalue weighted by molar-refractivity contribution is 0.584. The minimum Gasteiger partial charge on any atom is -0.376 e. The van der Waals surface area contributed by atoms with Crippen LogP contribution >= 0.6 is 11.3 Å². The quantitative estimate of drug-likeness (QED) is 0.829. The van der Waals surface area contributed by atoms with Gasteiger partial charge in [-0.2, -0.15) is 4.39 Å². The van der Waals surface area contributed by atoms with Crippen LogP contribution in [0.1, 0.15) is 29.6 Å². The van der Waals surface area contributed by atoms with Crippen LogP contribution in [0.4, 0.5) is 10.1 Å². The van der Waals surface area contributed by atoms with E-state index < -0.39 is 5.95 Å². The highest BCUT2D eigenvalue weighted by molar-refractivity contribution is 7.12. The number of nitrogens with zero attached hydrogens (tertiary/aromatic N) is 1. The highest BCUT2D eigenvalue weighted by Crippen LogP contribution is 2.26. The first-order chi connectivity index (χ1) is 8.19. The molecule has 0 aliphatic carbocycles. The minimum atomic E-state index is -0.451. The predicted molar refractivity (Wildman–Crippen MR) is 69.9 cm³/mol. The zero-order valence-electron chi connectivity index (χ0n) is 9.90. The van der Waals surface area contributed by atoms with Gasteiger partial charge in [-0.05, 0) is 37.6 Å². The third-order valence-electron chi connectivity index (χ3n) is 2.57. The first kappa shape index (κ1) is 12.0. The third-order valence-corrected chi connectivity index (χ3v) is 3.98. The maximum Gasteiger partial charge on any atom is 0.212 e. The topological polar surface area (TPSA) is 24.9 Å². The highest BCUT2D eigenvalue weighted by atomic mass is 32.1. The summed E-state index contributed by atoms with van der Waals surface area (Å²) >= 11 is 1.81. The normalized spacial score (nSPS) is 12.4. The van der Waals surface area contributed by atoms with Crippen LogP contribution in [0.2, 0.25) is 0 Å². The summed E-state index contributed by atoms with van der Waals surface area (Å²) in [6.45, 7) is 4.24. The Balaban J connectivity index is 2.05. The number of halogens is 1. The standard InChI is InChI=1S/C13H15FN2S/c1-3-11-5-6-12(17-11)9(2)16-10-4-7-13(14)15-8-10/h4-9,16H,3H2,1-2H3. The number of aromatic nitrogens is 1. The fourth-order valence-electron chi connectivity index (χ4n) is 1.60. The number of hydrogen-bond donors (Lipinski definition) is 1. The molecule has 0 saturated carbocycles. The largest absolute Gasteiger partial charge is 0.376 e. The second kappa shape index (κ2) is 5.27. The molecular weight excluding hydrogens is 235 g/mol. The van der Waals surface area contributed by atoms with Gasteiger partial charge < -0.3 is 5.32 Å². The summed E-state index contributed by atoms with van der Waals surface area (Å²) in [7, 11) is 0. The van der Waals surface area contributed by atoms with Gasteiger partial charge in [0.05, 0.1) is 17.9 Å². The lowest BCUT2D eigenvalue weighted by Crippen LogP contribution is -2.05. The summed E-state index contributed by atoms with van der Waals surface area (Å²) in [5.41, 5.74) is 0.838. The van der Waals surface area contributed by atoms with Crippen molar-refractivity contribution in [2.24, 2.45) is 0 Å². The van der Waals surface area contributed by atoms with Crippen molar-refractivity contribution in [3.63, 3.8) is 0 Å². The van der Waals surface area contributed by atoms with Gasteiger partial charge >= 0.3 is 0 Å². The first-order valence-electron chi connectivity index (χ1n) is 5.65. The lowest BCUT2D eigenvalue weighted by atomic mass is 10.2. The number of aryl methyl sites for hydroxylation is 1. The fourth-order valence-corrected chi connectivity index (χ4v) is 2.55. The van der Waals surface area contributed by atoms with Gasteiger partial charge in [-0.15, -0.1) is 11.3 Å². The van der Waals surface area contributed by atoms with Crippen LogP contribution in [0.3, 0.4) is 0 Å². The maximum absolute atomic E-state index is 12.7. The van der Waals surface area contributed by atoms with Gasteiger partial charge in [0.2, 0.25) is 5.95 Å². The summed E-state index contributed by atoms with van der Waals surface area (Å²) in [4.78, 5) is 6.29. The SMILES string of the molecule is CCc1ccc(C(C)Nc2ccc(F)nc2)s1. The van der Waals surface area contributed by atoms with E-state index in [2.05, 4.69) is 36.3 Å². The van der Waals surface area contributed by atoms with Gasteiger partial charge in [0.15, 0.2) is 0 Å². The number of anilines is 1. The molecule has 0 saturated heterocycles. The Morgan fingerprint density at radius 3 is 2.76 bits per heavy atom. The molecule has 17 heavy (non-hydrogen) atoms. The summed E-state index contributed by atoms with van der Waals surface area (Å²) in [6.07, 6.45) is 2.58. The molecule has 2 aromatic heterocycles. The van der Waals surface area contributed by atoms with E-state index >= 15 is 0 Å². The van der Waals surface area contributed by atoms with E-state index in [4.69, 9.17) is 0 Å². The van der Waals surface area contributed by atoms with Crippen LogP contribution < -0.4 is 5.32 Å². The molecule has 0 radical (unpaired) electrons. The number of nitrogens with one attached hydrogen (secondary N) is 1. The van der Waals surface area contributed by atoms with E-state index in [0.717, 1.165) is 12.1 Å². The van der Waals surface area contributed by atoms with Crippen molar-refractivity contribution in [3.8, 4) is 0 Å². The summed E-state index contributed by atoms with van der Waals surface area (Å²) in [5, 5.41) is 3.30. The van der Waals surface area contributed by atoms with Crippen molar-refractivity contribution in [2.75, 3.05) is 5.32 Å². The van der Waals surface area contributed by atoms with Crippen molar-refractivity contribution in [3.05, 3.63) is 46.2 Å². The molecule has 2 nitrogen and oxygen atoms in total. The number of hydrogen-bond acceptors (Lipinski definition) is 3. The Hall–Kier alpha value is -1.42. The molecule has 90 valence electrons. The van der Waals surface area contributed by atoms with Gasteiger partial charge in [0, 0.05) is 9.75 Å². The van der Waals surface area contributed by atoms with Crippen LogP contribution in [0.15, 0.2) is 30.5 Å². The summed E-state index contributed by atoms with van der Waals surface area (Å²) < 4.78 is 12.7. The van der Waals surface area contributed by atoms with Gasteiger partial charge in [0.25, 0.3) is 0 Å². The van der Waals surface area contributed by atoms with Crippen molar-refractivity contribution in [1.29, 1.82) is 0 Å². The number of rotatable bonds is 4. The monoisotopic (exact) mass is 250 g/mol. The van der Waals surface area contributed by atoms with Gasteiger partial charge in [-0.1, -0.05) is 6.92 Å². The molecule has 2 rings (SSSR count). The molecule has 1 unspecified atom stereocenters. The van der Waals surface area contributed by atoms with Gasteiger partial charge in [0.1, 0.15) is 0 Å². The molecule has 0 aromatic carbocycles. The van der Waals surface area contributed by atoms with Crippen molar-refractivity contribution in [1.82, 2.24) is 4.98 Å². The smallest absolute Gasteiger partial charge is 0.212 e. The lowest BCUT2D eigenvalue weighted by Gasteiger charge is -2.13. The Labute approximate surface area is 105 Å². The molecule has 0 spiro atoms. The molecule has 0 fully saturated rings. The zero-order valence-corrected chi connectivity index (χ0v) is 10.7. The van der Waals surface area contributed by atoms with Crippen molar-refractivity contribution < 1.29 is 4.39 Å². The average Bonchev–Trinajstić information content (AvgIpc) is 2.81. The van der Waals surface area contributed by atoms with Crippen LogP contribution in [-0.4, -0.2) is 4.98 Å². The van der Waals surface area contributed by atoms with E-state index in [9.17, 15) is 4.39 Å². The second-order valence-electron chi connectivity index (χ2n) is 3.89. The average molecular weight is 250 g/mol. The van der Waals surface area contributed by atoms with Crippen LogP contribution in [0.25, 0.3) is 0 Å². The third kappa shape index (κ3) is 3.03. The Morgan fingerprint density at radius 1 is 1.35 bits per heavy atom. The molecule has 0 amide bonds.